The Bertz CT molecular complexity index is 537. The van der Waals surface area contributed by atoms with Crippen LogP contribution < -0.4 is 11.3 Å². The molecule has 0 radical (unpaired) electrons. The average Bonchev–Trinajstić information content (AvgIpc) is 2.96. The van der Waals surface area contributed by atoms with Gasteiger partial charge in [0, 0.05) is 30.5 Å². The normalized spacial score (nSPS) is 25.7. The smallest absolute Gasteiger partial charge is 0.251 e. The SMILES string of the molecule is Nc1ccc(=O)n(CC(=O)N2CC3CCC2C3)c1. The number of nitrogens with zero attached hydrogens (tertiary/aromatic N) is 2. The van der Waals surface area contributed by atoms with Crippen molar-refractivity contribution in [2.45, 2.75) is 31.8 Å². The van der Waals surface area contributed by atoms with Gasteiger partial charge in [-0.05, 0) is 31.2 Å². The van der Waals surface area contributed by atoms with Gasteiger partial charge < -0.3 is 15.2 Å². The molecule has 3 rings (SSSR count). The van der Waals surface area contributed by atoms with E-state index in [0.29, 0.717) is 17.6 Å². The molecule has 2 fully saturated rings. The first kappa shape index (κ1) is 11.3. The van der Waals surface area contributed by atoms with Crippen LogP contribution in [0.15, 0.2) is 23.1 Å². The van der Waals surface area contributed by atoms with Gasteiger partial charge in [-0.3, -0.25) is 9.59 Å². The maximum Gasteiger partial charge on any atom is 0.251 e. The Labute approximate surface area is 105 Å². The lowest BCUT2D eigenvalue weighted by Gasteiger charge is -2.27. The van der Waals surface area contributed by atoms with Crippen LogP contribution in [0.5, 0.6) is 0 Å². The molecule has 2 heterocycles. The highest BCUT2D eigenvalue weighted by molar-refractivity contribution is 5.77. The van der Waals surface area contributed by atoms with Gasteiger partial charge in [0.15, 0.2) is 0 Å². The molecule has 1 saturated heterocycles. The molecule has 2 unspecified atom stereocenters. The number of anilines is 1. The zero-order valence-electron chi connectivity index (χ0n) is 10.2. The van der Waals surface area contributed by atoms with Gasteiger partial charge >= 0.3 is 0 Å². The minimum absolute atomic E-state index is 0.0369. The number of rotatable bonds is 2. The van der Waals surface area contributed by atoms with Crippen molar-refractivity contribution in [2.75, 3.05) is 12.3 Å². The second-order valence-electron chi connectivity index (χ2n) is 5.31. The number of hydrogen-bond donors (Lipinski definition) is 1. The van der Waals surface area contributed by atoms with Gasteiger partial charge in [0.2, 0.25) is 5.91 Å². The van der Waals surface area contributed by atoms with E-state index in [0.717, 1.165) is 19.4 Å². The molecule has 1 aliphatic carbocycles. The minimum Gasteiger partial charge on any atom is -0.398 e. The summed E-state index contributed by atoms with van der Waals surface area (Å²) in [6.07, 6.45) is 5.03. The van der Waals surface area contributed by atoms with Crippen LogP contribution in [0.3, 0.4) is 0 Å². The monoisotopic (exact) mass is 247 g/mol. The molecule has 5 nitrogen and oxygen atoms in total. The third-order valence-electron chi connectivity index (χ3n) is 4.04. The first-order chi connectivity index (χ1) is 8.63. The van der Waals surface area contributed by atoms with Gasteiger partial charge in [0.1, 0.15) is 6.54 Å². The number of carbonyl (C=O) groups is 1. The number of amides is 1. The lowest BCUT2D eigenvalue weighted by Crippen LogP contribution is -2.41. The number of nitrogen functional groups attached to an aromatic ring is 1. The van der Waals surface area contributed by atoms with E-state index in [9.17, 15) is 9.59 Å². The van der Waals surface area contributed by atoms with Gasteiger partial charge in [-0.25, -0.2) is 0 Å². The molecule has 0 aromatic carbocycles. The van der Waals surface area contributed by atoms with Crippen LogP contribution in [0.25, 0.3) is 0 Å². The number of piperidine rings is 1. The van der Waals surface area contributed by atoms with Crippen LogP contribution in [0.2, 0.25) is 0 Å². The van der Waals surface area contributed by atoms with Crippen LogP contribution in [-0.4, -0.2) is 28.0 Å². The fourth-order valence-corrected chi connectivity index (χ4v) is 3.14. The molecule has 0 spiro atoms. The summed E-state index contributed by atoms with van der Waals surface area (Å²) >= 11 is 0. The molecule has 1 aromatic heterocycles. The third-order valence-corrected chi connectivity index (χ3v) is 4.04. The Balaban J connectivity index is 1.75. The van der Waals surface area contributed by atoms with Crippen LogP contribution in [0, 0.1) is 5.92 Å². The van der Waals surface area contributed by atoms with Crippen molar-refractivity contribution in [1.29, 1.82) is 0 Å². The summed E-state index contributed by atoms with van der Waals surface area (Å²) in [5.41, 5.74) is 5.96. The highest BCUT2D eigenvalue weighted by Gasteiger charge is 2.39. The van der Waals surface area contributed by atoms with Crippen molar-refractivity contribution < 1.29 is 4.79 Å². The highest BCUT2D eigenvalue weighted by Crippen LogP contribution is 2.37. The Morgan fingerprint density at radius 1 is 1.39 bits per heavy atom. The van der Waals surface area contributed by atoms with Gasteiger partial charge in [-0.1, -0.05) is 0 Å². The fraction of sp³-hybridized carbons (Fsp3) is 0.538. The first-order valence-corrected chi connectivity index (χ1v) is 6.39. The summed E-state index contributed by atoms with van der Waals surface area (Å²) in [6.45, 7) is 0.966. The maximum atomic E-state index is 12.2. The van der Waals surface area contributed by atoms with Crippen molar-refractivity contribution in [1.82, 2.24) is 9.47 Å². The summed E-state index contributed by atoms with van der Waals surface area (Å²) in [5, 5.41) is 0. The summed E-state index contributed by atoms with van der Waals surface area (Å²) < 4.78 is 1.39. The van der Waals surface area contributed by atoms with Crippen molar-refractivity contribution in [3.05, 3.63) is 28.7 Å². The first-order valence-electron chi connectivity index (χ1n) is 6.39. The second kappa shape index (κ2) is 4.15. The van der Waals surface area contributed by atoms with E-state index in [1.54, 1.807) is 6.07 Å². The van der Waals surface area contributed by atoms with Gasteiger partial charge in [-0.2, -0.15) is 0 Å². The van der Waals surface area contributed by atoms with Crippen LogP contribution in [-0.2, 0) is 11.3 Å². The number of hydrogen-bond acceptors (Lipinski definition) is 3. The molecular weight excluding hydrogens is 230 g/mol. The second-order valence-corrected chi connectivity index (χ2v) is 5.31. The molecule has 18 heavy (non-hydrogen) atoms. The Hall–Kier alpha value is -1.78. The lowest BCUT2D eigenvalue weighted by atomic mass is 10.1. The van der Waals surface area contributed by atoms with Crippen molar-refractivity contribution in [2.24, 2.45) is 5.92 Å². The molecule has 2 atom stereocenters. The van der Waals surface area contributed by atoms with E-state index in [1.165, 1.54) is 23.3 Å². The van der Waals surface area contributed by atoms with Crippen molar-refractivity contribution in [3.8, 4) is 0 Å². The molecule has 2 aliphatic rings. The van der Waals surface area contributed by atoms with Crippen molar-refractivity contribution in [3.63, 3.8) is 0 Å². The highest BCUT2D eigenvalue weighted by atomic mass is 16.2. The zero-order valence-corrected chi connectivity index (χ0v) is 10.2. The Morgan fingerprint density at radius 2 is 2.22 bits per heavy atom. The fourth-order valence-electron chi connectivity index (χ4n) is 3.14. The molecule has 96 valence electrons. The number of nitrogens with two attached hydrogens (primary N) is 1. The quantitative estimate of drug-likeness (QED) is 0.824. The largest absolute Gasteiger partial charge is 0.398 e. The predicted molar refractivity (Wildman–Crippen MR) is 68.0 cm³/mol. The zero-order chi connectivity index (χ0) is 12.7. The summed E-state index contributed by atoms with van der Waals surface area (Å²) in [6, 6.07) is 3.36. The van der Waals surface area contributed by atoms with Crippen molar-refractivity contribution >= 4 is 11.6 Å². The van der Waals surface area contributed by atoms with Gasteiger partial charge in [-0.15, -0.1) is 0 Å². The molecule has 1 aliphatic heterocycles. The average molecular weight is 247 g/mol. The number of fused-ring (bicyclic) bond motifs is 2. The third kappa shape index (κ3) is 1.89. The predicted octanol–water partition coefficient (Wildman–Crippen LogP) is 0.441. The molecule has 5 heteroatoms. The molecule has 2 bridgehead atoms. The molecule has 1 saturated carbocycles. The summed E-state index contributed by atoms with van der Waals surface area (Å²) in [7, 11) is 0. The van der Waals surface area contributed by atoms with E-state index >= 15 is 0 Å². The van der Waals surface area contributed by atoms with Crippen LogP contribution in [0.4, 0.5) is 5.69 Å². The Morgan fingerprint density at radius 3 is 2.89 bits per heavy atom. The molecular formula is C13H17N3O2. The summed E-state index contributed by atoms with van der Waals surface area (Å²) in [4.78, 5) is 25.7. The van der Waals surface area contributed by atoms with Crippen LogP contribution in [0.1, 0.15) is 19.3 Å². The maximum absolute atomic E-state index is 12.2. The molecule has 1 aromatic rings. The topological polar surface area (TPSA) is 68.3 Å². The number of likely N-dealkylation sites (tertiary alicyclic amines) is 1. The van der Waals surface area contributed by atoms with E-state index in [1.807, 2.05) is 4.90 Å². The van der Waals surface area contributed by atoms with E-state index in [-0.39, 0.29) is 18.0 Å². The summed E-state index contributed by atoms with van der Waals surface area (Å²) in [5.74, 6) is 0.714. The molecule has 1 amide bonds. The number of aromatic nitrogens is 1. The number of pyridine rings is 1. The van der Waals surface area contributed by atoms with Crippen LogP contribution >= 0.6 is 0 Å². The number of carbonyl (C=O) groups excluding carboxylic acids is 1. The minimum atomic E-state index is -0.179. The van der Waals surface area contributed by atoms with E-state index in [4.69, 9.17) is 5.73 Å². The van der Waals surface area contributed by atoms with E-state index < -0.39 is 0 Å². The van der Waals surface area contributed by atoms with Gasteiger partial charge in [0.05, 0.1) is 0 Å². The standard InChI is InChI=1S/C13H17N3O2/c14-10-2-4-12(17)15(7-10)8-13(18)16-6-9-1-3-11(16)5-9/h2,4,7,9,11H,1,3,5-6,8,14H2. The van der Waals surface area contributed by atoms with Gasteiger partial charge in [0.25, 0.3) is 5.56 Å². The Kier molecular flexibility index (Phi) is 2.61. The lowest BCUT2D eigenvalue weighted by molar-refractivity contribution is -0.133. The van der Waals surface area contributed by atoms with E-state index in [2.05, 4.69) is 0 Å². The molecule has 2 N–H and O–H groups in total.